The average Bonchev–Trinajstić information content (AvgIpc) is 2.88. The number of nitrogens with one attached hydrogen (secondary N) is 1. The molecule has 3 nitrogen and oxygen atoms in total. The number of imidazole rings is 1. The summed E-state index contributed by atoms with van der Waals surface area (Å²) in [5, 5.41) is 10.1. The van der Waals surface area contributed by atoms with Gasteiger partial charge in [0.15, 0.2) is 11.6 Å². The van der Waals surface area contributed by atoms with Gasteiger partial charge < -0.3 is 10.1 Å². The molecule has 0 fully saturated rings. The van der Waals surface area contributed by atoms with Crippen LogP contribution in [0.3, 0.4) is 0 Å². The van der Waals surface area contributed by atoms with Crippen LogP contribution in [0.4, 0.5) is 8.78 Å². The molecule has 0 aliphatic heterocycles. The second-order valence-electron chi connectivity index (χ2n) is 4.19. The zero-order valence-corrected chi connectivity index (χ0v) is 9.77. The molecule has 0 aliphatic rings. The van der Waals surface area contributed by atoms with E-state index >= 15 is 0 Å². The summed E-state index contributed by atoms with van der Waals surface area (Å²) in [6.45, 7) is 0. The molecule has 1 atom stereocenters. The van der Waals surface area contributed by atoms with E-state index in [4.69, 9.17) is 0 Å². The fourth-order valence-electron chi connectivity index (χ4n) is 1.96. The summed E-state index contributed by atoms with van der Waals surface area (Å²) in [7, 11) is 0. The molecule has 19 heavy (non-hydrogen) atoms. The molecule has 1 aromatic heterocycles. The standard InChI is InChI=1S/C14H10F2N2O/c15-9-6-7-10-12(11(9)16)18-14(17-10)13(19)8-4-2-1-3-5-8/h1-7,13,19H,(H,17,18). The molecule has 0 bridgehead atoms. The van der Waals surface area contributed by atoms with Crippen LogP contribution >= 0.6 is 0 Å². The molecule has 5 heteroatoms. The quantitative estimate of drug-likeness (QED) is 0.744. The van der Waals surface area contributed by atoms with Crippen LogP contribution < -0.4 is 0 Å². The topological polar surface area (TPSA) is 48.9 Å². The van der Waals surface area contributed by atoms with Gasteiger partial charge in [0.25, 0.3) is 0 Å². The summed E-state index contributed by atoms with van der Waals surface area (Å²) >= 11 is 0. The SMILES string of the molecule is OC(c1ccccc1)c1nc2c(F)c(F)ccc2[nH]1. The number of rotatable bonds is 2. The van der Waals surface area contributed by atoms with E-state index in [9.17, 15) is 13.9 Å². The number of aromatic nitrogens is 2. The molecule has 1 unspecified atom stereocenters. The van der Waals surface area contributed by atoms with Crippen molar-refractivity contribution in [3.8, 4) is 0 Å². The minimum atomic E-state index is -1.01. The van der Waals surface area contributed by atoms with Gasteiger partial charge in [-0.25, -0.2) is 13.8 Å². The van der Waals surface area contributed by atoms with Crippen LogP contribution in [0.5, 0.6) is 0 Å². The van der Waals surface area contributed by atoms with E-state index in [0.717, 1.165) is 6.07 Å². The molecule has 0 amide bonds. The van der Waals surface area contributed by atoms with Crippen molar-refractivity contribution in [2.75, 3.05) is 0 Å². The number of fused-ring (bicyclic) bond motifs is 1. The number of hydrogen-bond donors (Lipinski definition) is 2. The molecule has 0 spiro atoms. The first-order valence-corrected chi connectivity index (χ1v) is 5.73. The summed E-state index contributed by atoms with van der Waals surface area (Å²) in [5.74, 6) is -1.79. The Morgan fingerprint density at radius 1 is 1.05 bits per heavy atom. The van der Waals surface area contributed by atoms with Crippen LogP contribution in [-0.4, -0.2) is 15.1 Å². The van der Waals surface area contributed by atoms with Crippen molar-refractivity contribution in [1.29, 1.82) is 0 Å². The molecule has 0 radical (unpaired) electrons. The minimum Gasteiger partial charge on any atom is -0.380 e. The maximum atomic E-state index is 13.5. The number of halogens is 2. The lowest BCUT2D eigenvalue weighted by molar-refractivity contribution is 0.211. The van der Waals surface area contributed by atoms with E-state index in [1.54, 1.807) is 24.3 Å². The third-order valence-electron chi connectivity index (χ3n) is 2.94. The van der Waals surface area contributed by atoms with Gasteiger partial charge in [0.1, 0.15) is 17.4 Å². The van der Waals surface area contributed by atoms with Gasteiger partial charge in [0.2, 0.25) is 0 Å². The van der Waals surface area contributed by atoms with Crippen molar-refractivity contribution in [3.05, 3.63) is 65.5 Å². The largest absolute Gasteiger partial charge is 0.380 e. The molecule has 0 saturated carbocycles. The van der Waals surface area contributed by atoms with Crippen molar-refractivity contribution in [2.45, 2.75) is 6.10 Å². The van der Waals surface area contributed by atoms with E-state index < -0.39 is 17.7 Å². The Morgan fingerprint density at radius 2 is 1.79 bits per heavy atom. The first kappa shape index (κ1) is 11.8. The third kappa shape index (κ3) is 1.98. The minimum absolute atomic E-state index is 0.106. The highest BCUT2D eigenvalue weighted by molar-refractivity contribution is 5.76. The van der Waals surface area contributed by atoms with E-state index in [-0.39, 0.29) is 11.3 Å². The highest BCUT2D eigenvalue weighted by Gasteiger charge is 2.17. The maximum absolute atomic E-state index is 13.5. The first-order chi connectivity index (χ1) is 9.16. The van der Waals surface area contributed by atoms with Gasteiger partial charge in [-0.1, -0.05) is 30.3 Å². The van der Waals surface area contributed by atoms with Crippen LogP contribution in [-0.2, 0) is 0 Å². The van der Waals surface area contributed by atoms with E-state index in [1.807, 2.05) is 6.07 Å². The Labute approximate surface area is 107 Å². The Morgan fingerprint density at radius 3 is 2.53 bits per heavy atom. The molecular weight excluding hydrogens is 250 g/mol. The molecular formula is C14H10F2N2O. The van der Waals surface area contributed by atoms with Crippen molar-refractivity contribution in [2.24, 2.45) is 0 Å². The van der Waals surface area contributed by atoms with Crippen molar-refractivity contribution in [1.82, 2.24) is 9.97 Å². The number of aliphatic hydroxyl groups is 1. The predicted molar refractivity (Wildman–Crippen MR) is 66.5 cm³/mol. The number of hydrogen-bond acceptors (Lipinski definition) is 2. The molecule has 0 saturated heterocycles. The summed E-state index contributed by atoms with van der Waals surface area (Å²) in [6.07, 6.45) is -1.00. The van der Waals surface area contributed by atoms with Gasteiger partial charge in [-0.05, 0) is 17.7 Å². The lowest BCUT2D eigenvalue weighted by atomic mass is 10.1. The second-order valence-corrected chi connectivity index (χ2v) is 4.19. The number of aromatic amines is 1. The summed E-state index contributed by atoms with van der Waals surface area (Å²) in [4.78, 5) is 6.72. The number of benzene rings is 2. The van der Waals surface area contributed by atoms with Gasteiger partial charge in [-0.15, -0.1) is 0 Å². The Bertz CT molecular complexity index is 725. The maximum Gasteiger partial charge on any atom is 0.186 e. The molecule has 3 aromatic rings. The van der Waals surface area contributed by atoms with Crippen LogP contribution in [0.25, 0.3) is 11.0 Å². The van der Waals surface area contributed by atoms with Gasteiger partial charge in [-0.2, -0.15) is 0 Å². The highest BCUT2D eigenvalue weighted by atomic mass is 19.2. The highest BCUT2D eigenvalue weighted by Crippen LogP contribution is 2.24. The van der Waals surface area contributed by atoms with Crippen molar-refractivity contribution >= 4 is 11.0 Å². The third-order valence-corrected chi connectivity index (χ3v) is 2.94. The molecule has 2 aromatic carbocycles. The average molecular weight is 260 g/mol. The Hall–Kier alpha value is -2.27. The summed E-state index contributed by atoms with van der Waals surface area (Å²) in [5.41, 5.74) is 0.872. The molecule has 2 N–H and O–H groups in total. The van der Waals surface area contributed by atoms with Crippen molar-refractivity contribution in [3.63, 3.8) is 0 Å². The zero-order valence-electron chi connectivity index (χ0n) is 9.77. The van der Waals surface area contributed by atoms with E-state index in [1.165, 1.54) is 6.07 Å². The molecule has 96 valence electrons. The van der Waals surface area contributed by atoms with Gasteiger partial charge >= 0.3 is 0 Å². The smallest absolute Gasteiger partial charge is 0.186 e. The molecule has 0 aliphatic carbocycles. The van der Waals surface area contributed by atoms with Crippen LogP contribution in [0.2, 0.25) is 0 Å². The lowest BCUT2D eigenvalue weighted by Gasteiger charge is -2.06. The van der Waals surface area contributed by atoms with Crippen LogP contribution in [0, 0.1) is 11.6 Å². The molecule has 1 heterocycles. The second kappa shape index (κ2) is 4.44. The predicted octanol–water partition coefficient (Wildman–Crippen LogP) is 2.92. The Kier molecular flexibility index (Phi) is 2.76. The van der Waals surface area contributed by atoms with Gasteiger partial charge in [0.05, 0.1) is 5.52 Å². The van der Waals surface area contributed by atoms with Gasteiger partial charge in [-0.3, -0.25) is 0 Å². The number of nitrogens with zero attached hydrogens (tertiary/aromatic N) is 1. The van der Waals surface area contributed by atoms with Gasteiger partial charge in [0, 0.05) is 0 Å². The zero-order chi connectivity index (χ0) is 13.4. The summed E-state index contributed by atoms with van der Waals surface area (Å²) in [6, 6.07) is 11.3. The fraction of sp³-hybridized carbons (Fsp3) is 0.0714. The lowest BCUT2D eigenvalue weighted by Crippen LogP contribution is -2.01. The van der Waals surface area contributed by atoms with E-state index in [0.29, 0.717) is 11.1 Å². The summed E-state index contributed by atoms with van der Waals surface area (Å²) < 4.78 is 26.6. The monoisotopic (exact) mass is 260 g/mol. The van der Waals surface area contributed by atoms with Crippen LogP contribution in [0.1, 0.15) is 17.5 Å². The molecule has 3 rings (SSSR count). The van der Waals surface area contributed by atoms with Crippen molar-refractivity contribution < 1.29 is 13.9 Å². The number of aliphatic hydroxyl groups excluding tert-OH is 1. The Balaban J connectivity index is 2.09. The van der Waals surface area contributed by atoms with E-state index in [2.05, 4.69) is 9.97 Å². The first-order valence-electron chi connectivity index (χ1n) is 5.73. The number of H-pyrrole nitrogens is 1. The van der Waals surface area contributed by atoms with Crippen LogP contribution in [0.15, 0.2) is 42.5 Å². The fourth-order valence-corrected chi connectivity index (χ4v) is 1.96. The normalized spacial score (nSPS) is 12.8.